The molecule has 0 heterocycles. The van der Waals surface area contributed by atoms with Gasteiger partial charge in [-0.25, -0.2) is 0 Å². The fraction of sp³-hybridized carbons (Fsp3) is 0.417. The van der Waals surface area contributed by atoms with Crippen molar-refractivity contribution >= 4 is 37.8 Å². The van der Waals surface area contributed by atoms with Gasteiger partial charge in [-0.1, -0.05) is 15.9 Å². The maximum atomic E-state index is 10.6. The Bertz CT molecular complexity index is 425. The number of nitrogens with two attached hydrogens (primary N) is 1. The summed E-state index contributed by atoms with van der Waals surface area (Å²) in [5, 5.41) is 3.26. The van der Waals surface area contributed by atoms with E-state index in [0.717, 1.165) is 33.2 Å². The van der Waals surface area contributed by atoms with Crippen molar-refractivity contribution < 1.29 is 9.53 Å². The summed E-state index contributed by atoms with van der Waals surface area (Å²) >= 11 is 6.90. The minimum atomic E-state index is -0.264. The highest BCUT2D eigenvalue weighted by Gasteiger charge is 2.08. The lowest BCUT2D eigenvalue weighted by Crippen LogP contribution is -2.18. The molecule has 0 unspecified atom stereocenters. The van der Waals surface area contributed by atoms with E-state index in [-0.39, 0.29) is 5.91 Å². The van der Waals surface area contributed by atoms with Gasteiger partial charge in [-0.15, -0.1) is 0 Å². The number of hydrogen-bond donors (Lipinski definition) is 2. The average Bonchev–Trinajstić information content (AvgIpc) is 2.27. The maximum absolute atomic E-state index is 10.6. The maximum Gasteiger partial charge on any atom is 0.217 e. The summed E-state index contributed by atoms with van der Waals surface area (Å²) in [6.07, 6.45) is 1.15. The number of hydrogen-bond acceptors (Lipinski definition) is 3. The summed E-state index contributed by atoms with van der Waals surface area (Å²) in [6, 6.07) is 3.94. The number of carbonyl (C=O) groups is 1. The summed E-state index contributed by atoms with van der Waals surface area (Å²) in [6.45, 7) is 1.43. The SMILES string of the molecule is COc1c(Br)cc(Br)cc1CNCCCC(N)=O. The molecule has 0 bridgehead atoms. The van der Waals surface area contributed by atoms with E-state index in [1.165, 1.54) is 0 Å². The molecule has 6 heteroatoms. The van der Waals surface area contributed by atoms with E-state index in [2.05, 4.69) is 37.2 Å². The molecule has 0 aliphatic heterocycles. The highest BCUT2D eigenvalue weighted by molar-refractivity contribution is 9.11. The van der Waals surface area contributed by atoms with Gasteiger partial charge in [0.05, 0.1) is 11.6 Å². The highest BCUT2D eigenvalue weighted by Crippen LogP contribution is 2.32. The first-order valence-electron chi connectivity index (χ1n) is 5.55. The Balaban J connectivity index is 2.53. The largest absolute Gasteiger partial charge is 0.495 e. The smallest absolute Gasteiger partial charge is 0.217 e. The first-order chi connectivity index (χ1) is 8.54. The van der Waals surface area contributed by atoms with Crippen molar-refractivity contribution in [1.29, 1.82) is 0 Å². The van der Waals surface area contributed by atoms with Crippen LogP contribution in [0.15, 0.2) is 21.1 Å². The van der Waals surface area contributed by atoms with Crippen LogP contribution in [0.1, 0.15) is 18.4 Å². The Hall–Kier alpha value is -0.590. The second-order valence-electron chi connectivity index (χ2n) is 3.83. The van der Waals surface area contributed by atoms with Crippen LogP contribution in [0.25, 0.3) is 0 Å². The quantitative estimate of drug-likeness (QED) is 0.715. The van der Waals surface area contributed by atoms with Gasteiger partial charge in [-0.3, -0.25) is 4.79 Å². The van der Waals surface area contributed by atoms with E-state index in [9.17, 15) is 4.79 Å². The van der Waals surface area contributed by atoms with Gasteiger partial charge in [0.15, 0.2) is 0 Å². The molecule has 0 spiro atoms. The van der Waals surface area contributed by atoms with Gasteiger partial charge >= 0.3 is 0 Å². The van der Waals surface area contributed by atoms with Crippen LogP contribution in [0.2, 0.25) is 0 Å². The Labute approximate surface area is 124 Å². The minimum absolute atomic E-state index is 0.264. The van der Waals surface area contributed by atoms with Crippen LogP contribution < -0.4 is 15.8 Å². The van der Waals surface area contributed by atoms with Gasteiger partial charge in [0.25, 0.3) is 0 Å². The third-order valence-electron chi connectivity index (χ3n) is 2.38. The van der Waals surface area contributed by atoms with Gasteiger partial charge in [0.1, 0.15) is 5.75 Å². The highest BCUT2D eigenvalue weighted by atomic mass is 79.9. The number of methoxy groups -OCH3 is 1. The number of amides is 1. The molecule has 0 saturated carbocycles. The summed E-state index contributed by atoms with van der Waals surface area (Å²) < 4.78 is 7.24. The number of benzene rings is 1. The molecule has 0 fully saturated rings. The van der Waals surface area contributed by atoms with Crippen LogP contribution in [0, 0.1) is 0 Å². The third kappa shape index (κ3) is 4.96. The molecule has 0 aliphatic carbocycles. The molecular formula is C12H16Br2N2O2. The van der Waals surface area contributed by atoms with Crippen molar-refractivity contribution in [2.45, 2.75) is 19.4 Å². The second-order valence-corrected chi connectivity index (χ2v) is 5.60. The number of carbonyl (C=O) groups excluding carboxylic acids is 1. The monoisotopic (exact) mass is 378 g/mol. The number of nitrogens with one attached hydrogen (secondary N) is 1. The molecule has 0 saturated heterocycles. The average molecular weight is 380 g/mol. The van der Waals surface area contributed by atoms with Crippen LogP contribution in [0.5, 0.6) is 5.75 Å². The predicted octanol–water partition coefficient (Wildman–Crippen LogP) is 2.58. The van der Waals surface area contributed by atoms with Gasteiger partial charge in [-0.2, -0.15) is 0 Å². The van der Waals surface area contributed by atoms with E-state index in [4.69, 9.17) is 10.5 Å². The van der Waals surface area contributed by atoms with Crippen LogP contribution in [-0.2, 0) is 11.3 Å². The van der Waals surface area contributed by atoms with Crippen LogP contribution >= 0.6 is 31.9 Å². The summed E-state index contributed by atoms with van der Waals surface area (Å²) in [5.74, 6) is 0.556. The Kier molecular flexibility index (Phi) is 6.67. The molecule has 1 rings (SSSR count). The summed E-state index contributed by atoms with van der Waals surface area (Å²) in [5.41, 5.74) is 6.13. The molecule has 1 aromatic carbocycles. The standard InChI is InChI=1S/C12H16Br2N2O2/c1-18-12-8(5-9(13)6-10(12)14)7-16-4-2-3-11(15)17/h5-6,16H,2-4,7H2,1H3,(H2,15,17). The van der Waals surface area contributed by atoms with Gasteiger partial charge in [-0.05, 0) is 41.0 Å². The Morgan fingerprint density at radius 3 is 2.78 bits per heavy atom. The minimum Gasteiger partial charge on any atom is -0.495 e. The summed E-state index contributed by atoms with van der Waals surface area (Å²) in [4.78, 5) is 10.6. The topological polar surface area (TPSA) is 64.3 Å². The fourth-order valence-electron chi connectivity index (χ4n) is 1.58. The normalized spacial score (nSPS) is 10.4. The molecule has 1 aromatic rings. The zero-order valence-corrected chi connectivity index (χ0v) is 13.3. The Morgan fingerprint density at radius 2 is 2.17 bits per heavy atom. The first kappa shape index (κ1) is 15.5. The zero-order valence-electron chi connectivity index (χ0n) is 10.1. The van der Waals surface area contributed by atoms with Gasteiger partial charge in [0, 0.05) is 23.0 Å². The van der Waals surface area contributed by atoms with Crippen molar-refractivity contribution in [2.75, 3.05) is 13.7 Å². The first-order valence-corrected chi connectivity index (χ1v) is 7.14. The van der Waals surface area contributed by atoms with Crippen molar-refractivity contribution in [1.82, 2.24) is 5.32 Å². The fourth-order valence-corrected chi connectivity index (χ4v) is 3.06. The van der Waals surface area contributed by atoms with E-state index in [0.29, 0.717) is 13.0 Å². The number of primary amides is 1. The molecule has 18 heavy (non-hydrogen) atoms. The molecule has 3 N–H and O–H groups in total. The predicted molar refractivity (Wildman–Crippen MR) is 78.5 cm³/mol. The van der Waals surface area contributed by atoms with Crippen LogP contribution in [-0.4, -0.2) is 19.6 Å². The molecule has 0 atom stereocenters. The van der Waals surface area contributed by atoms with Crippen molar-refractivity contribution in [3.63, 3.8) is 0 Å². The molecule has 100 valence electrons. The number of halogens is 2. The molecule has 4 nitrogen and oxygen atoms in total. The molecule has 1 amide bonds. The van der Waals surface area contributed by atoms with Gasteiger partial charge in [0.2, 0.25) is 5.91 Å². The third-order valence-corrected chi connectivity index (χ3v) is 3.43. The van der Waals surface area contributed by atoms with Crippen LogP contribution in [0.3, 0.4) is 0 Å². The van der Waals surface area contributed by atoms with Gasteiger partial charge < -0.3 is 15.8 Å². The van der Waals surface area contributed by atoms with Crippen LogP contribution in [0.4, 0.5) is 0 Å². The van der Waals surface area contributed by atoms with Crippen molar-refractivity contribution in [3.8, 4) is 5.75 Å². The molecule has 0 aliphatic rings. The molecular weight excluding hydrogens is 364 g/mol. The lowest BCUT2D eigenvalue weighted by molar-refractivity contribution is -0.118. The zero-order chi connectivity index (χ0) is 13.5. The number of ether oxygens (including phenoxy) is 1. The number of rotatable bonds is 7. The molecule has 0 aromatic heterocycles. The van der Waals surface area contributed by atoms with Crippen molar-refractivity contribution in [2.24, 2.45) is 5.73 Å². The van der Waals surface area contributed by atoms with E-state index < -0.39 is 0 Å². The lowest BCUT2D eigenvalue weighted by Gasteiger charge is -2.12. The van der Waals surface area contributed by atoms with Crippen molar-refractivity contribution in [3.05, 3.63) is 26.6 Å². The Morgan fingerprint density at radius 1 is 1.44 bits per heavy atom. The van der Waals surface area contributed by atoms with E-state index >= 15 is 0 Å². The molecule has 0 radical (unpaired) electrons. The lowest BCUT2D eigenvalue weighted by atomic mass is 10.2. The van der Waals surface area contributed by atoms with E-state index in [1.54, 1.807) is 7.11 Å². The summed E-state index contributed by atoms with van der Waals surface area (Å²) in [7, 11) is 1.64. The second kappa shape index (κ2) is 7.76. The van der Waals surface area contributed by atoms with E-state index in [1.807, 2.05) is 12.1 Å².